The number of hydrogen-bond acceptors (Lipinski definition) is 3. The summed E-state index contributed by atoms with van der Waals surface area (Å²) in [6.45, 7) is 1.65. The molecular formula is C9H13NO3. The minimum absolute atomic E-state index is 0.394. The van der Waals surface area contributed by atoms with Gasteiger partial charge in [0.1, 0.15) is 5.69 Å². The van der Waals surface area contributed by atoms with E-state index in [0.29, 0.717) is 11.3 Å². The molecule has 0 amide bonds. The van der Waals surface area contributed by atoms with E-state index in [1.165, 1.54) is 7.11 Å². The number of aryl methyl sites for hydroxylation is 1. The number of esters is 1. The third-order valence-electron chi connectivity index (χ3n) is 1.90. The zero-order valence-corrected chi connectivity index (χ0v) is 7.94. The number of aromatic nitrogens is 1. The maximum Gasteiger partial charge on any atom is 0.354 e. The summed E-state index contributed by atoms with van der Waals surface area (Å²) in [5.74, 6) is -0.394. The Morgan fingerprint density at radius 1 is 1.69 bits per heavy atom. The van der Waals surface area contributed by atoms with Gasteiger partial charge in [0.2, 0.25) is 0 Å². The molecule has 0 radical (unpaired) electrons. The van der Waals surface area contributed by atoms with E-state index in [-0.39, 0.29) is 0 Å². The molecule has 4 heteroatoms. The fourth-order valence-electron chi connectivity index (χ4n) is 1.13. The lowest BCUT2D eigenvalue weighted by molar-refractivity contribution is 0.0590. The van der Waals surface area contributed by atoms with Gasteiger partial charge in [-0.25, -0.2) is 4.79 Å². The summed E-state index contributed by atoms with van der Waals surface area (Å²) in [5.41, 5.74) is 1.15. The molecule has 1 rings (SSSR count). The summed E-state index contributed by atoms with van der Waals surface area (Å²) >= 11 is 0. The van der Waals surface area contributed by atoms with Crippen molar-refractivity contribution in [3.05, 3.63) is 23.5 Å². The molecule has 1 heterocycles. The Balaban J connectivity index is 3.03. The highest BCUT2D eigenvalue weighted by molar-refractivity contribution is 5.87. The first-order chi connectivity index (χ1) is 6.06. The van der Waals surface area contributed by atoms with E-state index in [1.54, 1.807) is 30.8 Å². The summed E-state index contributed by atoms with van der Waals surface area (Å²) < 4.78 is 6.20. The maximum atomic E-state index is 11.1. The number of hydrogen-bond donors (Lipinski definition) is 1. The molecule has 0 aliphatic rings. The zero-order chi connectivity index (χ0) is 10.0. The Bertz CT molecular complexity index is 315. The van der Waals surface area contributed by atoms with Gasteiger partial charge in [-0.05, 0) is 18.6 Å². The monoisotopic (exact) mass is 183 g/mol. The first-order valence-electron chi connectivity index (χ1n) is 3.99. The van der Waals surface area contributed by atoms with Crippen molar-refractivity contribution in [1.82, 2.24) is 4.57 Å². The van der Waals surface area contributed by atoms with Crippen molar-refractivity contribution in [2.75, 3.05) is 7.11 Å². The molecule has 1 N–H and O–H groups in total. The van der Waals surface area contributed by atoms with Gasteiger partial charge in [-0.2, -0.15) is 0 Å². The predicted octanol–water partition coefficient (Wildman–Crippen LogP) is 0.865. The highest BCUT2D eigenvalue weighted by Gasteiger charge is 2.13. The highest BCUT2D eigenvalue weighted by atomic mass is 16.5. The number of ether oxygens (including phenoxy) is 1. The van der Waals surface area contributed by atoms with E-state index in [2.05, 4.69) is 4.74 Å². The van der Waals surface area contributed by atoms with E-state index in [1.807, 2.05) is 0 Å². The zero-order valence-electron chi connectivity index (χ0n) is 7.94. The van der Waals surface area contributed by atoms with Gasteiger partial charge in [0.05, 0.1) is 13.2 Å². The lowest BCUT2D eigenvalue weighted by Crippen LogP contribution is -2.06. The quantitative estimate of drug-likeness (QED) is 0.692. The Kier molecular flexibility index (Phi) is 2.72. The van der Waals surface area contributed by atoms with Crippen molar-refractivity contribution in [3.8, 4) is 0 Å². The summed E-state index contributed by atoms with van der Waals surface area (Å²) in [6.07, 6.45) is 1.14. The molecule has 0 aromatic carbocycles. The highest BCUT2D eigenvalue weighted by Crippen LogP contribution is 2.15. The van der Waals surface area contributed by atoms with Crippen LogP contribution in [0.15, 0.2) is 12.3 Å². The van der Waals surface area contributed by atoms with Crippen LogP contribution in [0.1, 0.15) is 29.1 Å². The molecular weight excluding hydrogens is 170 g/mol. The molecule has 4 nitrogen and oxygen atoms in total. The van der Waals surface area contributed by atoms with Crippen LogP contribution in [-0.4, -0.2) is 22.8 Å². The largest absolute Gasteiger partial charge is 0.464 e. The SMILES string of the molecule is COC(=O)c1cc([C@H](C)O)cn1C. The summed E-state index contributed by atoms with van der Waals surface area (Å²) in [4.78, 5) is 11.1. The lowest BCUT2D eigenvalue weighted by atomic mass is 10.2. The molecule has 0 aliphatic carbocycles. The standard InChI is InChI=1S/C9H13NO3/c1-6(11)7-4-8(9(12)13-3)10(2)5-7/h4-6,11H,1-3H3/t6-/m0/s1. The molecule has 0 bridgehead atoms. The van der Waals surface area contributed by atoms with E-state index in [0.717, 1.165) is 0 Å². The van der Waals surface area contributed by atoms with Crippen LogP contribution in [0.4, 0.5) is 0 Å². The number of rotatable bonds is 2. The lowest BCUT2D eigenvalue weighted by Gasteiger charge is -1.98. The molecule has 1 aromatic heterocycles. The van der Waals surface area contributed by atoms with Crippen LogP contribution in [0.25, 0.3) is 0 Å². The number of carbonyl (C=O) groups excluding carboxylic acids is 1. The molecule has 0 aliphatic heterocycles. The van der Waals surface area contributed by atoms with Crippen molar-refractivity contribution in [2.45, 2.75) is 13.0 Å². The van der Waals surface area contributed by atoms with Gasteiger partial charge in [-0.1, -0.05) is 0 Å². The van der Waals surface area contributed by atoms with Gasteiger partial charge >= 0.3 is 5.97 Å². The van der Waals surface area contributed by atoms with Crippen LogP contribution in [0.5, 0.6) is 0 Å². The third kappa shape index (κ3) is 1.89. The van der Waals surface area contributed by atoms with Crippen LogP contribution in [0.2, 0.25) is 0 Å². The fraction of sp³-hybridized carbons (Fsp3) is 0.444. The second-order valence-corrected chi connectivity index (χ2v) is 2.94. The van der Waals surface area contributed by atoms with Crippen molar-refractivity contribution < 1.29 is 14.6 Å². The van der Waals surface area contributed by atoms with Crippen LogP contribution < -0.4 is 0 Å². The molecule has 0 spiro atoms. The molecule has 0 unspecified atom stereocenters. The summed E-state index contributed by atoms with van der Waals surface area (Å²) in [5, 5.41) is 9.25. The second-order valence-electron chi connectivity index (χ2n) is 2.94. The van der Waals surface area contributed by atoms with Gasteiger partial charge in [-0.3, -0.25) is 0 Å². The van der Waals surface area contributed by atoms with Crippen LogP contribution in [0, 0.1) is 0 Å². The van der Waals surface area contributed by atoms with Gasteiger partial charge in [0, 0.05) is 13.2 Å². The van der Waals surface area contributed by atoms with Crippen molar-refractivity contribution in [2.24, 2.45) is 7.05 Å². The molecule has 13 heavy (non-hydrogen) atoms. The summed E-state index contributed by atoms with van der Waals surface area (Å²) in [7, 11) is 3.06. The molecule has 0 saturated carbocycles. The number of aliphatic hydroxyl groups excluding tert-OH is 1. The molecule has 0 fully saturated rings. The fourth-order valence-corrected chi connectivity index (χ4v) is 1.13. The maximum absolute atomic E-state index is 11.1. The Hall–Kier alpha value is -1.29. The molecule has 0 saturated heterocycles. The predicted molar refractivity (Wildman–Crippen MR) is 47.4 cm³/mol. The Morgan fingerprint density at radius 2 is 2.31 bits per heavy atom. The summed E-state index contributed by atoms with van der Waals surface area (Å²) in [6, 6.07) is 1.62. The number of methoxy groups -OCH3 is 1. The van der Waals surface area contributed by atoms with Crippen LogP contribution >= 0.6 is 0 Å². The first-order valence-corrected chi connectivity index (χ1v) is 3.99. The van der Waals surface area contributed by atoms with Crippen molar-refractivity contribution in [1.29, 1.82) is 0 Å². The van der Waals surface area contributed by atoms with Crippen LogP contribution in [0.3, 0.4) is 0 Å². The number of carbonyl (C=O) groups is 1. The third-order valence-corrected chi connectivity index (χ3v) is 1.90. The average molecular weight is 183 g/mol. The molecule has 1 aromatic rings. The molecule has 1 atom stereocenters. The smallest absolute Gasteiger partial charge is 0.354 e. The van der Waals surface area contributed by atoms with Gasteiger partial charge in [-0.15, -0.1) is 0 Å². The Labute approximate surface area is 76.7 Å². The van der Waals surface area contributed by atoms with E-state index >= 15 is 0 Å². The van der Waals surface area contributed by atoms with Crippen LogP contribution in [-0.2, 0) is 11.8 Å². The number of aliphatic hydroxyl groups is 1. The van der Waals surface area contributed by atoms with Gasteiger partial charge in [0.25, 0.3) is 0 Å². The van der Waals surface area contributed by atoms with E-state index in [4.69, 9.17) is 0 Å². The van der Waals surface area contributed by atoms with E-state index < -0.39 is 12.1 Å². The van der Waals surface area contributed by atoms with Gasteiger partial charge < -0.3 is 14.4 Å². The Morgan fingerprint density at radius 3 is 2.69 bits per heavy atom. The number of nitrogens with zero attached hydrogens (tertiary/aromatic N) is 1. The van der Waals surface area contributed by atoms with Crippen molar-refractivity contribution >= 4 is 5.97 Å². The van der Waals surface area contributed by atoms with E-state index in [9.17, 15) is 9.90 Å². The molecule has 72 valence electrons. The topological polar surface area (TPSA) is 51.5 Å². The van der Waals surface area contributed by atoms with Gasteiger partial charge in [0.15, 0.2) is 0 Å². The minimum atomic E-state index is -0.565. The average Bonchev–Trinajstić information content (AvgIpc) is 2.46. The first kappa shape index (κ1) is 9.80. The normalized spacial score (nSPS) is 12.6. The second kappa shape index (κ2) is 3.62. The van der Waals surface area contributed by atoms with Crippen molar-refractivity contribution in [3.63, 3.8) is 0 Å². The minimum Gasteiger partial charge on any atom is -0.464 e.